The Morgan fingerprint density at radius 2 is 2.04 bits per heavy atom. The Labute approximate surface area is 186 Å². The van der Waals surface area contributed by atoms with Crippen LogP contribution in [-0.4, -0.2) is 70.5 Å². The van der Waals surface area contributed by atoms with Gasteiger partial charge in [0.05, 0.1) is 33.5 Å². The molecule has 2 rings (SSSR count). The molecule has 1 fully saturated rings. The molecule has 1 unspecified atom stereocenters. The Morgan fingerprint density at radius 3 is 2.68 bits per heavy atom. The summed E-state index contributed by atoms with van der Waals surface area (Å²) in [6, 6.07) is 5.71. The fraction of sp³-hybridized carbons (Fsp3) is 0.650. The maximum Gasteiger partial charge on any atom is 0.195 e. The fourth-order valence-electron chi connectivity index (χ4n) is 3.12. The zero-order chi connectivity index (χ0) is 19.6. The number of nitrogens with one attached hydrogen (secondary N) is 2. The number of hydrogen-bond acceptors (Lipinski definition) is 5. The number of rotatable bonds is 8. The molecular weight excluding hydrogens is 471 g/mol. The summed E-state index contributed by atoms with van der Waals surface area (Å²) in [7, 11) is 3.26. The molecular formula is C20H35IN4O3. The number of hydrogen-bond donors (Lipinski definition) is 2. The second-order valence-electron chi connectivity index (χ2n) is 7.06. The first-order chi connectivity index (χ1) is 13.0. The second-order valence-corrected chi connectivity index (χ2v) is 7.06. The van der Waals surface area contributed by atoms with Gasteiger partial charge in [0.25, 0.3) is 0 Å². The van der Waals surface area contributed by atoms with E-state index in [-0.39, 0.29) is 30.1 Å². The molecule has 1 heterocycles. The van der Waals surface area contributed by atoms with Crippen molar-refractivity contribution in [2.24, 2.45) is 10.9 Å². The van der Waals surface area contributed by atoms with Crippen molar-refractivity contribution in [1.82, 2.24) is 10.2 Å². The molecule has 28 heavy (non-hydrogen) atoms. The van der Waals surface area contributed by atoms with Gasteiger partial charge in [0, 0.05) is 37.9 Å². The molecule has 1 aliphatic rings. The molecule has 1 aromatic rings. The summed E-state index contributed by atoms with van der Waals surface area (Å²) in [6.07, 6.45) is 0.123. The minimum Gasteiger partial charge on any atom is -0.493 e. The van der Waals surface area contributed by atoms with Crippen molar-refractivity contribution in [2.45, 2.75) is 26.9 Å². The highest BCUT2D eigenvalue weighted by Gasteiger charge is 2.20. The standard InChI is InChI=1S/C20H34N4O3.HI/c1-6-21-20(23-16-7-8-18(25-4)19(11-16)26-5)22-12-17-14-24(9-10-27-17)13-15(2)3;/h7-8,11,15,17H,6,9-10,12-14H2,1-5H3,(H2,21,22,23);1H. The quantitative estimate of drug-likeness (QED) is 0.321. The van der Waals surface area contributed by atoms with Gasteiger partial charge in [-0.2, -0.15) is 0 Å². The number of benzene rings is 1. The van der Waals surface area contributed by atoms with Gasteiger partial charge in [-0.3, -0.25) is 9.89 Å². The Morgan fingerprint density at radius 1 is 1.29 bits per heavy atom. The Balaban J connectivity index is 0.00000392. The first kappa shape index (κ1) is 24.8. The van der Waals surface area contributed by atoms with Crippen molar-refractivity contribution >= 4 is 35.6 Å². The van der Waals surface area contributed by atoms with Crippen LogP contribution in [0.3, 0.4) is 0 Å². The first-order valence-corrected chi connectivity index (χ1v) is 9.67. The van der Waals surface area contributed by atoms with E-state index in [1.54, 1.807) is 14.2 Å². The van der Waals surface area contributed by atoms with Crippen LogP contribution in [0.25, 0.3) is 0 Å². The number of anilines is 1. The molecule has 1 atom stereocenters. The molecule has 0 amide bonds. The van der Waals surface area contributed by atoms with Crippen LogP contribution in [0.2, 0.25) is 0 Å². The van der Waals surface area contributed by atoms with Gasteiger partial charge < -0.3 is 24.8 Å². The van der Waals surface area contributed by atoms with Crippen LogP contribution in [-0.2, 0) is 4.74 Å². The monoisotopic (exact) mass is 506 g/mol. The maximum atomic E-state index is 5.89. The molecule has 1 aliphatic heterocycles. The molecule has 1 saturated heterocycles. The van der Waals surface area contributed by atoms with Crippen molar-refractivity contribution in [3.05, 3.63) is 18.2 Å². The third-order valence-electron chi connectivity index (χ3n) is 4.29. The van der Waals surface area contributed by atoms with Gasteiger partial charge in [-0.05, 0) is 25.0 Å². The smallest absolute Gasteiger partial charge is 0.195 e. The predicted octanol–water partition coefficient (Wildman–Crippen LogP) is 3.06. The summed E-state index contributed by atoms with van der Waals surface area (Å²) in [5.74, 6) is 2.77. The average Bonchev–Trinajstić information content (AvgIpc) is 2.66. The molecule has 160 valence electrons. The van der Waals surface area contributed by atoms with Crippen LogP contribution in [0.4, 0.5) is 5.69 Å². The Hall–Kier alpha value is -1.26. The lowest BCUT2D eigenvalue weighted by molar-refractivity contribution is -0.0261. The summed E-state index contributed by atoms with van der Waals surface area (Å²) < 4.78 is 16.5. The molecule has 2 N–H and O–H groups in total. The second kappa shape index (κ2) is 13.1. The maximum absolute atomic E-state index is 5.89. The van der Waals surface area contributed by atoms with Crippen LogP contribution < -0.4 is 20.1 Å². The van der Waals surface area contributed by atoms with Crippen LogP contribution in [0.1, 0.15) is 20.8 Å². The van der Waals surface area contributed by atoms with E-state index in [1.165, 1.54) is 0 Å². The molecule has 8 heteroatoms. The molecule has 0 aliphatic carbocycles. The number of morpholine rings is 1. The van der Waals surface area contributed by atoms with Crippen LogP contribution in [0.5, 0.6) is 11.5 Å². The summed E-state index contributed by atoms with van der Waals surface area (Å²) in [6.45, 7) is 11.8. The molecule has 0 radical (unpaired) electrons. The van der Waals surface area contributed by atoms with E-state index in [0.717, 1.165) is 44.4 Å². The Bertz CT molecular complexity index is 613. The molecule has 0 spiro atoms. The minimum absolute atomic E-state index is 0. The zero-order valence-corrected chi connectivity index (χ0v) is 20.0. The number of methoxy groups -OCH3 is 2. The van der Waals surface area contributed by atoms with E-state index in [0.29, 0.717) is 24.0 Å². The molecule has 0 bridgehead atoms. The largest absolute Gasteiger partial charge is 0.493 e. The number of guanidine groups is 1. The van der Waals surface area contributed by atoms with Crippen molar-refractivity contribution < 1.29 is 14.2 Å². The number of ether oxygens (including phenoxy) is 3. The van der Waals surface area contributed by atoms with E-state index in [1.807, 2.05) is 25.1 Å². The molecule has 7 nitrogen and oxygen atoms in total. The highest BCUT2D eigenvalue weighted by molar-refractivity contribution is 14.0. The minimum atomic E-state index is 0. The lowest BCUT2D eigenvalue weighted by Gasteiger charge is -2.33. The van der Waals surface area contributed by atoms with E-state index in [4.69, 9.17) is 19.2 Å². The molecule has 0 saturated carbocycles. The van der Waals surface area contributed by atoms with Crippen LogP contribution in [0.15, 0.2) is 23.2 Å². The van der Waals surface area contributed by atoms with Gasteiger partial charge in [0.2, 0.25) is 0 Å². The van der Waals surface area contributed by atoms with Gasteiger partial charge >= 0.3 is 0 Å². The Kier molecular flexibility index (Phi) is 11.6. The lowest BCUT2D eigenvalue weighted by Crippen LogP contribution is -2.45. The number of nitrogens with zero attached hydrogens (tertiary/aromatic N) is 2. The van der Waals surface area contributed by atoms with Crippen molar-refractivity contribution in [1.29, 1.82) is 0 Å². The third kappa shape index (κ3) is 8.00. The van der Waals surface area contributed by atoms with Gasteiger partial charge in [0.15, 0.2) is 17.5 Å². The summed E-state index contributed by atoms with van der Waals surface area (Å²) in [5.41, 5.74) is 0.887. The fourth-order valence-corrected chi connectivity index (χ4v) is 3.12. The van der Waals surface area contributed by atoms with Crippen molar-refractivity contribution in [2.75, 3.05) is 58.9 Å². The first-order valence-electron chi connectivity index (χ1n) is 9.67. The number of halogens is 1. The van der Waals surface area contributed by atoms with Gasteiger partial charge in [-0.15, -0.1) is 24.0 Å². The topological polar surface area (TPSA) is 67.4 Å². The third-order valence-corrected chi connectivity index (χ3v) is 4.29. The highest BCUT2D eigenvalue weighted by atomic mass is 127. The average molecular weight is 506 g/mol. The highest BCUT2D eigenvalue weighted by Crippen LogP contribution is 2.29. The molecule has 1 aromatic carbocycles. The number of aliphatic imine (C=N–C) groups is 1. The van der Waals surface area contributed by atoms with Crippen molar-refractivity contribution in [3.63, 3.8) is 0 Å². The van der Waals surface area contributed by atoms with E-state index in [2.05, 4.69) is 29.4 Å². The van der Waals surface area contributed by atoms with Gasteiger partial charge in [-0.25, -0.2) is 0 Å². The SMILES string of the molecule is CCNC(=NCC1CN(CC(C)C)CCO1)Nc1ccc(OC)c(OC)c1.I. The molecule has 0 aromatic heterocycles. The lowest BCUT2D eigenvalue weighted by atomic mass is 10.2. The predicted molar refractivity (Wildman–Crippen MR) is 126 cm³/mol. The van der Waals surface area contributed by atoms with E-state index < -0.39 is 0 Å². The van der Waals surface area contributed by atoms with Gasteiger partial charge in [-0.1, -0.05) is 13.8 Å². The van der Waals surface area contributed by atoms with Gasteiger partial charge in [0.1, 0.15) is 0 Å². The van der Waals surface area contributed by atoms with E-state index in [9.17, 15) is 0 Å². The summed E-state index contributed by atoms with van der Waals surface area (Å²) >= 11 is 0. The van der Waals surface area contributed by atoms with Crippen LogP contribution in [0, 0.1) is 5.92 Å². The normalized spacial score (nSPS) is 17.8. The zero-order valence-electron chi connectivity index (χ0n) is 17.7. The van der Waals surface area contributed by atoms with Crippen LogP contribution >= 0.6 is 24.0 Å². The van der Waals surface area contributed by atoms with E-state index >= 15 is 0 Å². The van der Waals surface area contributed by atoms with Crippen molar-refractivity contribution in [3.8, 4) is 11.5 Å². The summed E-state index contributed by atoms with van der Waals surface area (Å²) in [4.78, 5) is 7.18. The summed E-state index contributed by atoms with van der Waals surface area (Å²) in [5, 5.41) is 6.60.